The number of carbonyl (C=O) groups excluding carboxylic acids is 2. The summed E-state index contributed by atoms with van der Waals surface area (Å²) < 4.78 is 11.8. The maximum atomic E-state index is 12.3. The van der Waals surface area contributed by atoms with Crippen LogP contribution in [-0.2, 0) is 9.47 Å². The van der Waals surface area contributed by atoms with E-state index < -0.39 is 17.5 Å². The molecule has 0 amide bonds. The van der Waals surface area contributed by atoms with Gasteiger partial charge in [-0.05, 0) is 45.0 Å². The monoisotopic (exact) mass is 352 g/mol. The van der Waals surface area contributed by atoms with Crippen molar-refractivity contribution in [2.24, 2.45) is 0 Å². The molecule has 0 fully saturated rings. The Morgan fingerprint density at radius 3 is 2.46 bits per heavy atom. The first kappa shape index (κ1) is 17.7. The maximum Gasteiger partial charge on any atom is 0.340 e. The Labute approximate surface area is 151 Å². The second-order valence-electron chi connectivity index (χ2n) is 6.86. The number of hydrogen-bond donors (Lipinski definition) is 0. The molecule has 0 aliphatic heterocycles. The molecular formula is C20H20N2O4. The molecule has 1 heterocycles. The average Bonchev–Trinajstić information content (AvgIpc) is 3.04. The minimum absolute atomic E-state index is 0.395. The van der Waals surface area contributed by atoms with Crippen LogP contribution in [0.2, 0.25) is 0 Å². The van der Waals surface area contributed by atoms with Gasteiger partial charge in [0.2, 0.25) is 0 Å². The van der Waals surface area contributed by atoms with E-state index in [-0.39, 0.29) is 0 Å². The number of esters is 2. The number of ether oxygens (including phenoxy) is 2. The Hall–Kier alpha value is -3.15. The summed E-state index contributed by atoms with van der Waals surface area (Å²) in [4.78, 5) is 24.2. The number of rotatable bonds is 3. The van der Waals surface area contributed by atoms with Gasteiger partial charge in [-0.2, -0.15) is 5.10 Å². The quantitative estimate of drug-likeness (QED) is 0.671. The van der Waals surface area contributed by atoms with Gasteiger partial charge >= 0.3 is 11.9 Å². The van der Waals surface area contributed by atoms with E-state index in [1.807, 2.05) is 32.9 Å². The minimum atomic E-state index is -0.567. The lowest BCUT2D eigenvalue weighted by Crippen LogP contribution is -2.23. The van der Waals surface area contributed by atoms with E-state index in [0.29, 0.717) is 22.3 Å². The van der Waals surface area contributed by atoms with Gasteiger partial charge in [0.25, 0.3) is 0 Å². The zero-order chi connectivity index (χ0) is 18.9. The fraction of sp³-hybridized carbons (Fsp3) is 0.250. The predicted molar refractivity (Wildman–Crippen MR) is 97.6 cm³/mol. The molecule has 0 aliphatic carbocycles. The molecule has 26 heavy (non-hydrogen) atoms. The van der Waals surface area contributed by atoms with Crippen molar-refractivity contribution in [2.45, 2.75) is 26.4 Å². The van der Waals surface area contributed by atoms with E-state index in [2.05, 4.69) is 5.10 Å². The molecule has 0 unspecified atom stereocenters. The number of aromatic nitrogens is 2. The summed E-state index contributed by atoms with van der Waals surface area (Å²) in [6, 6.07) is 12.3. The predicted octanol–water partition coefficient (Wildman–Crippen LogP) is 3.77. The van der Waals surface area contributed by atoms with E-state index >= 15 is 0 Å². The highest BCUT2D eigenvalue weighted by atomic mass is 16.6. The van der Waals surface area contributed by atoms with Gasteiger partial charge in [-0.3, -0.25) is 0 Å². The van der Waals surface area contributed by atoms with Gasteiger partial charge in [-0.15, -0.1) is 0 Å². The molecule has 0 atom stereocenters. The maximum absolute atomic E-state index is 12.3. The molecule has 3 aromatic rings. The summed E-state index contributed by atoms with van der Waals surface area (Å²) in [5.74, 6) is -0.838. The molecule has 0 saturated carbocycles. The van der Waals surface area contributed by atoms with Crippen LogP contribution < -0.4 is 0 Å². The van der Waals surface area contributed by atoms with Gasteiger partial charge in [-0.1, -0.05) is 18.2 Å². The van der Waals surface area contributed by atoms with Gasteiger partial charge < -0.3 is 9.47 Å². The molecule has 0 spiro atoms. The third-order valence-electron chi connectivity index (χ3n) is 3.69. The lowest BCUT2D eigenvalue weighted by atomic mass is 10.1. The van der Waals surface area contributed by atoms with Crippen LogP contribution in [0, 0.1) is 0 Å². The summed E-state index contributed by atoms with van der Waals surface area (Å²) in [5, 5.41) is 5.29. The number of nitrogens with zero attached hydrogens (tertiary/aromatic N) is 2. The van der Waals surface area contributed by atoms with Crippen molar-refractivity contribution in [1.82, 2.24) is 9.78 Å². The number of carbonyl (C=O) groups is 2. The first-order valence-corrected chi connectivity index (χ1v) is 8.19. The SMILES string of the molecule is COC(=O)c1cccc2cn(-c3cccc(C(=O)OC(C)(C)C)c3)nc12. The second kappa shape index (κ2) is 6.63. The lowest BCUT2D eigenvalue weighted by molar-refractivity contribution is 0.00693. The lowest BCUT2D eigenvalue weighted by Gasteiger charge is -2.19. The van der Waals surface area contributed by atoms with Crippen molar-refractivity contribution in [3.05, 3.63) is 59.8 Å². The largest absolute Gasteiger partial charge is 0.465 e. The first-order chi connectivity index (χ1) is 12.3. The third-order valence-corrected chi connectivity index (χ3v) is 3.69. The smallest absolute Gasteiger partial charge is 0.340 e. The normalized spacial score (nSPS) is 11.4. The van der Waals surface area contributed by atoms with E-state index in [1.54, 1.807) is 41.2 Å². The number of benzene rings is 2. The van der Waals surface area contributed by atoms with Crippen molar-refractivity contribution in [3.8, 4) is 5.69 Å². The molecule has 0 N–H and O–H groups in total. The molecule has 3 rings (SSSR count). The Bertz CT molecular complexity index is 983. The Balaban J connectivity index is 2.01. The van der Waals surface area contributed by atoms with E-state index in [4.69, 9.17) is 9.47 Å². The summed E-state index contributed by atoms with van der Waals surface area (Å²) in [5.41, 5.74) is 1.50. The molecule has 1 aromatic heterocycles. The number of fused-ring (bicyclic) bond motifs is 1. The Morgan fingerprint density at radius 1 is 1.04 bits per heavy atom. The molecule has 0 saturated heterocycles. The van der Waals surface area contributed by atoms with Gasteiger partial charge in [0.15, 0.2) is 0 Å². The van der Waals surface area contributed by atoms with Crippen LogP contribution in [0.15, 0.2) is 48.7 Å². The van der Waals surface area contributed by atoms with Gasteiger partial charge in [0.1, 0.15) is 11.1 Å². The van der Waals surface area contributed by atoms with Crippen LogP contribution in [0.3, 0.4) is 0 Å². The second-order valence-corrected chi connectivity index (χ2v) is 6.86. The standard InChI is InChI=1S/C20H20N2O4/c1-20(2,3)26-18(23)13-7-5-9-15(11-13)22-12-14-8-6-10-16(17(14)21-22)19(24)25-4/h5-12H,1-4H3. The zero-order valence-corrected chi connectivity index (χ0v) is 15.1. The van der Waals surface area contributed by atoms with Crippen LogP contribution in [0.5, 0.6) is 0 Å². The van der Waals surface area contributed by atoms with Gasteiger partial charge in [0, 0.05) is 11.6 Å². The molecule has 0 aliphatic rings. The summed E-state index contributed by atoms with van der Waals surface area (Å²) in [7, 11) is 1.34. The summed E-state index contributed by atoms with van der Waals surface area (Å²) in [6.07, 6.45) is 1.80. The molecule has 0 bridgehead atoms. The Kier molecular flexibility index (Phi) is 4.50. The van der Waals surface area contributed by atoms with Crippen LogP contribution in [0.25, 0.3) is 16.6 Å². The number of methoxy groups -OCH3 is 1. The highest BCUT2D eigenvalue weighted by Gasteiger charge is 2.19. The van der Waals surface area contributed by atoms with Crippen LogP contribution in [0.4, 0.5) is 0 Å². The highest BCUT2D eigenvalue weighted by Crippen LogP contribution is 2.21. The van der Waals surface area contributed by atoms with Crippen molar-refractivity contribution in [2.75, 3.05) is 7.11 Å². The van der Waals surface area contributed by atoms with E-state index in [1.165, 1.54) is 7.11 Å². The van der Waals surface area contributed by atoms with Crippen LogP contribution >= 0.6 is 0 Å². The third kappa shape index (κ3) is 3.59. The van der Waals surface area contributed by atoms with E-state index in [0.717, 1.165) is 5.39 Å². The Morgan fingerprint density at radius 2 is 1.77 bits per heavy atom. The molecule has 2 aromatic carbocycles. The van der Waals surface area contributed by atoms with Crippen molar-refractivity contribution >= 4 is 22.8 Å². The first-order valence-electron chi connectivity index (χ1n) is 8.19. The van der Waals surface area contributed by atoms with Crippen molar-refractivity contribution in [1.29, 1.82) is 0 Å². The minimum Gasteiger partial charge on any atom is -0.465 e. The number of hydrogen-bond acceptors (Lipinski definition) is 5. The summed E-state index contributed by atoms with van der Waals surface area (Å²) >= 11 is 0. The highest BCUT2D eigenvalue weighted by molar-refractivity contribution is 6.02. The molecule has 134 valence electrons. The topological polar surface area (TPSA) is 70.4 Å². The zero-order valence-electron chi connectivity index (χ0n) is 15.1. The molecule has 0 radical (unpaired) electrons. The molecule has 6 nitrogen and oxygen atoms in total. The van der Waals surface area contributed by atoms with Gasteiger partial charge in [-0.25, -0.2) is 14.3 Å². The fourth-order valence-electron chi connectivity index (χ4n) is 2.56. The van der Waals surface area contributed by atoms with Gasteiger partial charge in [0.05, 0.1) is 23.9 Å². The molecule has 6 heteroatoms. The van der Waals surface area contributed by atoms with Crippen molar-refractivity contribution < 1.29 is 19.1 Å². The van der Waals surface area contributed by atoms with E-state index in [9.17, 15) is 9.59 Å². The molecular weight excluding hydrogens is 332 g/mol. The average molecular weight is 352 g/mol. The summed E-state index contributed by atoms with van der Waals surface area (Å²) in [6.45, 7) is 5.47. The van der Waals surface area contributed by atoms with Crippen LogP contribution in [0.1, 0.15) is 41.5 Å². The fourth-order valence-corrected chi connectivity index (χ4v) is 2.56. The van der Waals surface area contributed by atoms with Crippen molar-refractivity contribution in [3.63, 3.8) is 0 Å². The van der Waals surface area contributed by atoms with Crippen LogP contribution in [-0.4, -0.2) is 34.4 Å².